The molecule has 1 aromatic carbocycles. The number of carbonyl (C=O) groups excluding carboxylic acids is 1. The summed E-state index contributed by atoms with van der Waals surface area (Å²) < 4.78 is 31.4. The van der Waals surface area contributed by atoms with Crippen LogP contribution in [0.4, 0.5) is 0 Å². The van der Waals surface area contributed by atoms with Crippen LogP contribution in [0, 0.1) is 6.92 Å². The Hall–Kier alpha value is -1.40. The predicted molar refractivity (Wildman–Crippen MR) is 76.8 cm³/mol. The molecule has 0 saturated carbocycles. The predicted octanol–water partition coefficient (Wildman–Crippen LogP) is 2.01. The van der Waals surface area contributed by atoms with Crippen LogP contribution in [0.25, 0.3) is 0 Å². The van der Waals surface area contributed by atoms with Crippen molar-refractivity contribution in [2.45, 2.75) is 44.6 Å². The van der Waals surface area contributed by atoms with Crippen molar-refractivity contribution in [1.29, 1.82) is 0 Å². The van der Waals surface area contributed by atoms with Crippen LogP contribution >= 0.6 is 0 Å². The maximum Gasteiger partial charge on any atom is 0.323 e. The fraction of sp³-hybridized carbons (Fsp3) is 0.500. The minimum absolute atomic E-state index is 0.135. The largest absolute Gasteiger partial charge is 0.465 e. The van der Waals surface area contributed by atoms with Crippen molar-refractivity contribution >= 4 is 16.0 Å². The molecule has 0 aliphatic carbocycles. The number of rotatable bonds is 7. The van der Waals surface area contributed by atoms with E-state index in [9.17, 15) is 13.2 Å². The highest BCUT2D eigenvalue weighted by atomic mass is 32.2. The van der Waals surface area contributed by atoms with Gasteiger partial charge in [0.05, 0.1) is 11.5 Å². The van der Waals surface area contributed by atoms with Crippen LogP contribution in [0.5, 0.6) is 0 Å². The Morgan fingerprint density at radius 1 is 1.30 bits per heavy atom. The smallest absolute Gasteiger partial charge is 0.323 e. The SMILES string of the molecule is CCCCOC(=O)[C@H](C)NS(=O)(=O)c1ccc(C)cc1. The van der Waals surface area contributed by atoms with Crippen molar-refractivity contribution in [3.05, 3.63) is 29.8 Å². The van der Waals surface area contributed by atoms with Gasteiger partial charge in [0.15, 0.2) is 0 Å². The van der Waals surface area contributed by atoms with Crippen LogP contribution in [0.1, 0.15) is 32.3 Å². The molecule has 0 amide bonds. The number of unbranched alkanes of at least 4 members (excludes halogenated alkanes) is 1. The van der Waals surface area contributed by atoms with E-state index in [2.05, 4.69) is 4.72 Å². The number of aryl methyl sites for hydroxylation is 1. The Morgan fingerprint density at radius 3 is 2.45 bits per heavy atom. The summed E-state index contributed by atoms with van der Waals surface area (Å²) in [5, 5.41) is 0. The van der Waals surface area contributed by atoms with E-state index in [0.29, 0.717) is 6.61 Å². The van der Waals surface area contributed by atoms with Gasteiger partial charge in [0, 0.05) is 0 Å². The first-order valence-electron chi connectivity index (χ1n) is 6.62. The van der Waals surface area contributed by atoms with E-state index in [1.165, 1.54) is 19.1 Å². The molecule has 112 valence electrons. The number of hydrogen-bond donors (Lipinski definition) is 1. The number of sulfonamides is 1. The maximum absolute atomic E-state index is 12.1. The van der Waals surface area contributed by atoms with Gasteiger partial charge >= 0.3 is 5.97 Å². The topological polar surface area (TPSA) is 72.5 Å². The van der Waals surface area contributed by atoms with Crippen LogP contribution in [0.2, 0.25) is 0 Å². The molecule has 0 radical (unpaired) electrons. The third-order valence-corrected chi connectivity index (χ3v) is 4.32. The molecule has 6 heteroatoms. The lowest BCUT2D eigenvalue weighted by Crippen LogP contribution is -2.39. The highest BCUT2D eigenvalue weighted by Gasteiger charge is 2.22. The van der Waals surface area contributed by atoms with Gasteiger partial charge in [-0.3, -0.25) is 4.79 Å². The number of benzene rings is 1. The molecule has 0 saturated heterocycles. The summed E-state index contributed by atoms with van der Waals surface area (Å²) in [6.45, 7) is 5.64. The van der Waals surface area contributed by atoms with Gasteiger partial charge in [0.1, 0.15) is 6.04 Å². The number of nitrogens with one attached hydrogen (secondary N) is 1. The van der Waals surface area contributed by atoms with Crippen molar-refractivity contribution in [3.63, 3.8) is 0 Å². The van der Waals surface area contributed by atoms with Crippen LogP contribution in [0.15, 0.2) is 29.2 Å². The van der Waals surface area contributed by atoms with Crippen molar-refractivity contribution in [3.8, 4) is 0 Å². The Bertz CT molecular complexity index is 537. The van der Waals surface area contributed by atoms with Gasteiger partial charge < -0.3 is 4.74 Å². The van der Waals surface area contributed by atoms with E-state index in [0.717, 1.165) is 18.4 Å². The Kier molecular flexibility index (Phi) is 6.16. The number of esters is 1. The molecule has 0 fully saturated rings. The molecular weight excluding hydrogens is 278 g/mol. The summed E-state index contributed by atoms with van der Waals surface area (Å²) in [5.41, 5.74) is 0.968. The molecule has 1 N–H and O–H groups in total. The van der Waals surface area contributed by atoms with Crippen molar-refractivity contribution in [1.82, 2.24) is 4.72 Å². The van der Waals surface area contributed by atoms with Crippen LogP contribution in [0.3, 0.4) is 0 Å². The fourth-order valence-electron chi connectivity index (χ4n) is 1.51. The second kappa shape index (κ2) is 7.40. The molecule has 5 nitrogen and oxygen atoms in total. The minimum Gasteiger partial charge on any atom is -0.465 e. The van der Waals surface area contributed by atoms with Crippen molar-refractivity contribution < 1.29 is 17.9 Å². The van der Waals surface area contributed by atoms with E-state index < -0.39 is 22.0 Å². The zero-order valence-electron chi connectivity index (χ0n) is 12.0. The van der Waals surface area contributed by atoms with Gasteiger partial charge in [-0.1, -0.05) is 31.0 Å². The van der Waals surface area contributed by atoms with E-state index in [-0.39, 0.29) is 4.90 Å². The van der Waals surface area contributed by atoms with Gasteiger partial charge in [0.2, 0.25) is 10.0 Å². The molecule has 0 aliphatic rings. The second-order valence-electron chi connectivity index (χ2n) is 4.68. The quantitative estimate of drug-likeness (QED) is 0.617. The molecule has 1 atom stereocenters. The van der Waals surface area contributed by atoms with Crippen molar-refractivity contribution in [2.75, 3.05) is 6.61 Å². The first-order valence-corrected chi connectivity index (χ1v) is 8.10. The molecule has 0 heterocycles. The number of ether oxygens (including phenoxy) is 1. The van der Waals surface area contributed by atoms with E-state index in [4.69, 9.17) is 4.74 Å². The minimum atomic E-state index is -3.70. The summed E-state index contributed by atoms with van der Waals surface area (Å²) in [7, 11) is -3.70. The van der Waals surface area contributed by atoms with Crippen LogP contribution in [-0.4, -0.2) is 27.0 Å². The van der Waals surface area contributed by atoms with Crippen molar-refractivity contribution in [2.24, 2.45) is 0 Å². The molecule has 0 aromatic heterocycles. The van der Waals surface area contributed by atoms with Crippen LogP contribution < -0.4 is 4.72 Å². The first kappa shape index (κ1) is 16.7. The molecular formula is C14H21NO4S. The zero-order chi connectivity index (χ0) is 15.2. The Labute approximate surface area is 120 Å². The maximum atomic E-state index is 12.1. The standard InChI is InChI=1S/C14H21NO4S/c1-4-5-10-19-14(16)12(3)15-20(17,18)13-8-6-11(2)7-9-13/h6-9,12,15H,4-5,10H2,1-3H3/t12-/m0/s1. The number of hydrogen-bond acceptors (Lipinski definition) is 4. The summed E-state index contributed by atoms with van der Waals surface area (Å²) in [6.07, 6.45) is 1.68. The molecule has 1 aromatic rings. The van der Waals surface area contributed by atoms with Gasteiger partial charge in [0.25, 0.3) is 0 Å². The lowest BCUT2D eigenvalue weighted by atomic mass is 10.2. The Morgan fingerprint density at radius 2 is 1.90 bits per heavy atom. The van der Waals surface area contributed by atoms with Crippen LogP contribution in [-0.2, 0) is 19.6 Å². The molecule has 20 heavy (non-hydrogen) atoms. The van der Waals surface area contributed by atoms with Gasteiger partial charge in [-0.2, -0.15) is 4.72 Å². The van der Waals surface area contributed by atoms with Gasteiger partial charge in [-0.15, -0.1) is 0 Å². The third-order valence-electron chi connectivity index (χ3n) is 2.76. The zero-order valence-corrected chi connectivity index (χ0v) is 12.9. The second-order valence-corrected chi connectivity index (χ2v) is 6.39. The molecule has 1 rings (SSSR count). The Balaban J connectivity index is 2.66. The van der Waals surface area contributed by atoms with E-state index in [1.54, 1.807) is 12.1 Å². The number of carbonyl (C=O) groups is 1. The van der Waals surface area contributed by atoms with E-state index in [1.807, 2.05) is 13.8 Å². The molecule has 0 unspecified atom stereocenters. The normalized spacial score (nSPS) is 12.9. The van der Waals surface area contributed by atoms with Gasteiger partial charge in [-0.05, 0) is 32.4 Å². The van der Waals surface area contributed by atoms with Gasteiger partial charge in [-0.25, -0.2) is 8.42 Å². The summed E-state index contributed by atoms with van der Waals surface area (Å²) in [6, 6.07) is 5.52. The lowest BCUT2D eigenvalue weighted by molar-refractivity contribution is -0.145. The highest BCUT2D eigenvalue weighted by Crippen LogP contribution is 2.10. The first-order chi connectivity index (χ1) is 9.36. The highest BCUT2D eigenvalue weighted by molar-refractivity contribution is 7.89. The third kappa shape index (κ3) is 4.94. The average molecular weight is 299 g/mol. The fourth-order valence-corrected chi connectivity index (χ4v) is 2.70. The molecule has 0 spiro atoms. The summed E-state index contributed by atoms with van der Waals surface area (Å²) in [5.74, 6) is -0.561. The lowest BCUT2D eigenvalue weighted by Gasteiger charge is -2.13. The van der Waals surface area contributed by atoms with E-state index >= 15 is 0 Å². The molecule has 0 bridgehead atoms. The summed E-state index contributed by atoms with van der Waals surface area (Å²) in [4.78, 5) is 11.8. The monoisotopic (exact) mass is 299 g/mol. The average Bonchev–Trinajstić information content (AvgIpc) is 2.38. The molecule has 0 aliphatic heterocycles. The summed E-state index contributed by atoms with van der Waals surface area (Å²) >= 11 is 0.